The Morgan fingerprint density at radius 2 is 1.85 bits per heavy atom. The smallest absolute Gasteiger partial charge is 0.183 e. The Labute approximate surface area is 158 Å². The minimum absolute atomic E-state index is 0.0738. The fourth-order valence-electron chi connectivity index (χ4n) is 5.25. The fraction of sp³-hybridized carbons (Fsp3) is 0.818. The molecule has 1 unspecified atom stereocenters. The molecule has 0 saturated heterocycles. The van der Waals surface area contributed by atoms with Crippen LogP contribution in [0.1, 0.15) is 53.4 Å². The van der Waals surface area contributed by atoms with Gasteiger partial charge in [0.2, 0.25) is 0 Å². The number of hydrogen-bond donors (Lipinski definition) is 1. The van der Waals surface area contributed by atoms with Crippen LogP contribution in [0.5, 0.6) is 0 Å². The maximum atomic E-state index is 11.2. The molecule has 26 heavy (non-hydrogen) atoms. The van der Waals surface area contributed by atoms with Crippen LogP contribution in [0, 0.1) is 29.6 Å². The minimum atomic E-state index is -0.393. The van der Waals surface area contributed by atoms with Gasteiger partial charge in [-0.15, -0.1) is 0 Å². The number of aliphatic hydroxyl groups excluding tert-OH is 1. The van der Waals surface area contributed by atoms with Gasteiger partial charge in [0.15, 0.2) is 12.6 Å². The predicted molar refractivity (Wildman–Crippen MR) is 102 cm³/mol. The van der Waals surface area contributed by atoms with Gasteiger partial charge >= 0.3 is 0 Å². The highest BCUT2D eigenvalue weighted by molar-refractivity contribution is 5.34. The standard InChI is InChI=1S/C22H36O4/c1-12(2)8-7-9-13(3)18-17(23)10-14(4)15-11-16(15)19-20(18)22(25-6)26-21(19)24-5/h8,13-18,21-23H,7,9-11H2,1-6H3/t13?,14-,15+,16+,17-,18-,21-,22-/m1/s1. The third-order valence-electron chi connectivity index (χ3n) is 6.66. The van der Waals surface area contributed by atoms with E-state index in [9.17, 15) is 5.11 Å². The molecule has 4 heteroatoms. The van der Waals surface area contributed by atoms with Gasteiger partial charge in [-0.2, -0.15) is 0 Å². The summed E-state index contributed by atoms with van der Waals surface area (Å²) in [6.07, 6.45) is 5.37. The van der Waals surface area contributed by atoms with Crippen LogP contribution in [-0.4, -0.2) is 38.0 Å². The molecule has 3 rings (SSSR count). The Hall–Kier alpha value is -0.680. The van der Waals surface area contributed by atoms with Crippen molar-refractivity contribution in [3.8, 4) is 0 Å². The van der Waals surface area contributed by atoms with E-state index in [0.29, 0.717) is 23.7 Å². The molecule has 1 heterocycles. The molecule has 1 fully saturated rings. The van der Waals surface area contributed by atoms with Crippen LogP contribution < -0.4 is 0 Å². The molecule has 2 aliphatic carbocycles. The van der Waals surface area contributed by atoms with E-state index >= 15 is 0 Å². The minimum Gasteiger partial charge on any atom is -0.392 e. The maximum Gasteiger partial charge on any atom is 0.183 e. The molecule has 0 aromatic carbocycles. The zero-order valence-corrected chi connectivity index (χ0v) is 17.2. The number of rotatable bonds is 6. The highest BCUT2D eigenvalue weighted by Gasteiger charge is 2.54. The van der Waals surface area contributed by atoms with Crippen molar-refractivity contribution in [3.05, 3.63) is 22.8 Å². The van der Waals surface area contributed by atoms with Gasteiger partial charge in [-0.25, -0.2) is 0 Å². The Bertz CT molecular complexity index is 562. The third-order valence-corrected chi connectivity index (χ3v) is 6.66. The lowest BCUT2D eigenvalue weighted by Gasteiger charge is -2.35. The summed E-state index contributed by atoms with van der Waals surface area (Å²) in [7, 11) is 3.40. The highest BCUT2D eigenvalue weighted by Crippen LogP contribution is 2.58. The van der Waals surface area contributed by atoms with Crippen molar-refractivity contribution in [3.63, 3.8) is 0 Å². The summed E-state index contributed by atoms with van der Waals surface area (Å²) in [5, 5.41) is 11.2. The normalized spacial score (nSPS) is 40.3. The second-order valence-electron chi connectivity index (χ2n) is 8.83. The summed E-state index contributed by atoms with van der Waals surface area (Å²) in [6.45, 7) is 8.83. The summed E-state index contributed by atoms with van der Waals surface area (Å²) in [5.74, 6) is 2.16. The molecule has 148 valence electrons. The van der Waals surface area contributed by atoms with Crippen molar-refractivity contribution in [2.45, 2.75) is 72.1 Å². The van der Waals surface area contributed by atoms with E-state index in [2.05, 4.69) is 33.8 Å². The average molecular weight is 365 g/mol. The number of aliphatic hydroxyl groups is 1. The Morgan fingerprint density at radius 3 is 2.46 bits per heavy atom. The first-order chi connectivity index (χ1) is 12.4. The van der Waals surface area contributed by atoms with Crippen molar-refractivity contribution in [1.29, 1.82) is 0 Å². The average Bonchev–Trinajstić information content (AvgIpc) is 3.28. The van der Waals surface area contributed by atoms with Crippen molar-refractivity contribution in [2.24, 2.45) is 29.6 Å². The van der Waals surface area contributed by atoms with E-state index in [0.717, 1.165) is 19.3 Å². The Balaban J connectivity index is 1.95. The van der Waals surface area contributed by atoms with E-state index in [1.165, 1.54) is 23.1 Å². The summed E-state index contributed by atoms with van der Waals surface area (Å²) in [4.78, 5) is 0. The molecule has 1 saturated carbocycles. The van der Waals surface area contributed by atoms with Gasteiger partial charge in [-0.1, -0.05) is 25.5 Å². The molecular weight excluding hydrogens is 328 g/mol. The third kappa shape index (κ3) is 3.80. The molecule has 0 aromatic heterocycles. The van der Waals surface area contributed by atoms with E-state index in [4.69, 9.17) is 14.2 Å². The van der Waals surface area contributed by atoms with E-state index < -0.39 is 6.29 Å². The van der Waals surface area contributed by atoms with Crippen molar-refractivity contribution in [1.82, 2.24) is 0 Å². The number of ether oxygens (including phenoxy) is 3. The second-order valence-corrected chi connectivity index (χ2v) is 8.83. The first-order valence-corrected chi connectivity index (χ1v) is 10.1. The Morgan fingerprint density at radius 1 is 1.19 bits per heavy atom. The lowest BCUT2D eigenvalue weighted by Crippen LogP contribution is -2.35. The fourth-order valence-corrected chi connectivity index (χ4v) is 5.25. The van der Waals surface area contributed by atoms with Gasteiger partial charge < -0.3 is 19.3 Å². The zero-order valence-electron chi connectivity index (χ0n) is 17.2. The van der Waals surface area contributed by atoms with E-state index in [1.807, 2.05) is 0 Å². The first kappa shape index (κ1) is 20.1. The quantitative estimate of drug-likeness (QED) is 0.714. The van der Waals surface area contributed by atoms with Gasteiger partial charge in [-0.05, 0) is 74.3 Å². The molecule has 3 aliphatic rings. The number of allylic oxidation sites excluding steroid dienone is 2. The highest BCUT2D eigenvalue weighted by atomic mass is 16.8. The largest absolute Gasteiger partial charge is 0.392 e. The zero-order chi connectivity index (χ0) is 19.0. The molecule has 0 bridgehead atoms. The van der Waals surface area contributed by atoms with Crippen LogP contribution in [0.3, 0.4) is 0 Å². The van der Waals surface area contributed by atoms with Crippen LogP contribution in [0.4, 0.5) is 0 Å². The molecule has 0 amide bonds. The lowest BCUT2D eigenvalue weighted by molar-refractivity contribution is -0.183. The van der Waals surface area contributed by atoms with Crippen molar-refractivity contribution in [2.75, 3.05) is 14.2 Å². The van der Waals surface area contributed by atoms with Gasteiger partial charge in [0.05, 0.1) is 6.10 Å². The molecule has 0 spiro atoms. The SMILES string of the molecule is CO[C@@H]1O[C@@H](OC)C2=C1[C@H]1C[C@H]1[C@H](C)C[C@@H](O)[C@H]2C(C)CCC=C(C)C. The number of fused-ring (bicyclic) bond motifs is 2. The van der Waals surface area contributed by atoms with Crippen LogP contribution >= 0.6 is 0 Å². The van der Waals surface area contributed by atoms with Crippen LogP contribution in [0.15, 0.2) is 22.8 Å². The van der Waals surface area contributed by atoms with E-state index in [1.54, 1.807) is 14.2 Å². The summed E-state index contributed by atoms with van der Waals surface area (Å²) >= 11 is 0. The lowest BCUT2D eigenvalue weighted by atomic mass is 9.73. The number of methoxy groups -OCH3 is 2. The van der Waals surface area contributed by atoms with Crippen LogP contribution in [0.25, 0.3) is 0 Å². The number of hydrogen-bond acceptors (Lipinski definition) is 4. The second kappa shape index (κ2) is 8.14. The topological polar surface area (TPSA) is 47.9 Å². The van der Waals surface area contributed by atoms with Crippen molar-refractivity contribution < 1.29 is 19.3 Å². The molecule has 0 radical (unpaired) electrons. The molecule has 1 N–H and O–H groups in total. The molecular formula is C22H36O4. The molecule has 8 atom stereocenters. The molecule has 0 aromatic rings. The predicted octanol–water partition coefficient (Wildman–Crippen LogP) is 4.29. The monoisotopic (exact) mass is 364 g/mol. The van der Waals surface area contributed by atoms with Crippen molar-refractivity contribution >= 4 is 0 Å². The summed E-state index contributed by atoms with van der Waals surface area (Å²) in [6, 6.07) is 0. The van der Waals surface area contributed by atoms with Crippen LogP contribution in [0.2, 0.25) is 0 Å². The first-order valence-electron chi connectivity index (χ1n) is 10.1. The van der Waals surface area contributed by atoms with Gasteiger partial charge in [0, 0.05) is 20.1 Å². The van der Waals surface area contributed by atoms with Gasteiger partial charge in [0.25, 0.3) is 0 Å². The summed E-state index contributed by atoms with van der Waals surface area (Å²) < 4.78 is 17.4. The maximum absolute atomic E-state index is 11.2. The Kier molecular flexibility index (Phi) is 6.28. The molecule has 1 aliphatic heterocycles. The van der Waals surface area contributed by atoms with E-state index in [-0.39, 0.29) is 18.3 Å². The van der Waals surface area contributed by atoms with Gasteiger partial charge in [-0.3, -0.25) is 0 Å². The molecule has 4 nitrogen and oxygen atoms in total. The summed E-state index contributed by atoms with van der Waals surface area (Å²) in [5.41, 5.74) is 3.80. The van der Waals surface area contributed by atoms with Crippen LogP contribution in [-0.2, 0) is 14.2 Å². The van der Waals surface area contributed by atoms with Gasteiger partial charge in [0.1, 0.15) is 0 Å².